The summed E-state index contributed by atoms with van der Waals surface area (Å²) in [5, 5.41) is 17.9. The monoisotopic (exact) mass is 565 g/mol. The molecule has 0 aromatic carbocycles. The second kappa shape index (κ2) is 15.6. The van der Waals surface area contributed by atoms with Crippen molar-refractivity contribution < 1.29 is 162 Å². The summed E-state index contributed by atoms with van der Waals surface area (Å²) in [7, 11) is 0. The molecule has 0 saturated carbocycles. The van der Waals surface area contributed by atoms with Crippen LogP contribution in [0.5, 0.6) is 0 Å². The minimum Gasteiger partial charge on any atom is -0.652 e. The zero-order valence-electron chi connectivity index (χ0n) is 13.3. The van der Waals surface area contributed by atoms with E-state index in [2.05, 4.69) is 4.90 Å². The van der Waals surface area contributed by atoms with Gasteiger partial charge >= 0.3 is 144 Å². The molecule has 2 heterocycles. The number of thiophene rings is 1. The molecule has 1 aliphatic heterocycles. The molecule has 0 amide bonds. The third-order valence-corrected chi connectivity index (χ3v) is 3.86. The minimum absolute atomic E-state index is 0. The number of carbonyl (C=O) groups excluding carboxylic acids is 2. The Hall–Kier alpha value is 2.34. The van der Waals surface area contributed by atoms with Gasteiger partial charge in [0.1, 0.15) is 4.88 Å². The first-order valence-corrected chi connectivity index (χ1v) is 7.26. The average molecular weight is 565 g/mol. The summed E-state index contributed by atoms with van der Waals surface area (Å²) in [6.07, 6.45) is 1.51. The van der Waals surface area contributed by atoms with E-state index in [1.807, 2.05) is 19.1 Å². The van der Waals surface area contributed by atoms with E-state index in [0.29, 0.717) is 11.5 Å². The molecule has 0 unspecified atom stereocenters. The van der Waals surface area contributed by atoms with Gasteiger partial charge in [0.25, 0.3) is 0 Å². The maximum atomic E-state index is 11.5. The SMILES string of the molecule is CCOC(=O)c1ccc(N2CCCCC2)s1.O=C([O-])[O-].[Cs+].[Cs+]. The van der Waals surface area contributed by atoms with Crippen molar-refractivity contribution >= 4 is 28.5 Å². The minimum atomic E-state index is -2.33. The Labute approximate surface area is 252 Å². The van der Waals surface area contributed by atoms with Crippen molar-refractivity contribution in [3.05, 3.63) is 17.0 Å². The molecule has 112 valence electrons. The molecule has 0 spiro atoms. The Morgan fingerprint density at radius 1 is 1.18 bits per heavy atom. The maximum Gasteiger partial charge on any atom is 1.00 e. The van der Waals surface area contributed by atoms with Gasteiger partial charge in [-0.2, -0.15) is 0 Å². The van der Waals surface area contributed by atoms with E-state index >= 15 is 0 Å². The molecule has 1 aliphatic rings. The summed E-state index contributed by atoms with van der Waals surface area (Å²) in [6.45, 7) is 4.50. The quantitative estimate of drug-likeness (QED) is 0.340. The van der Waals surface area contributed by atoms with E-state index < -0.39 is 6.16 Å². The molecule has 1 aromatic heterocycles. The van der Waals surface area contributed by atoms with Gasteiger partial charge in [-0.25, -0.2) is 4.79 Å². The van der Waals surface area contributed by atoms with Gasteiger partial charge in [-0.15, -0.1) is 11.3 Å². The predicted molar refractivity (Wildman–Crippen MR) is 71.7 cm³/mol. The molecule has 0 N–H and O–H groups in total. The van der Waals surface area contributed by atoms with Gasteiger partial charge in [-0.3, -0.25) is 0 Å². The summed E-state index contributed by atoms with van der Waals surface area (Å²) in [5.74, 6) is -0.198. The third-order valence-electron chi connectivity index (χ3n) is 2.74. The molecular weight excluding hydrogens is 548 g/mol. The van der Waals surface area contributed by atoms with E-state index in [1.54, 1.807) is 0 Å². The molecule has 9 heteroatoms. The van der Waals surface area contributed by atoms with Crippen molar-refractivity contribution in [3.63, 3.8) is 0 Å². The van der Waals surface area contributed by atoms with Crippen LogP contribution in [0.3, 0.4) is 0 Å². The van der Waals surface area contributed by atoms with Crippen LogP contribution in [0.15, 0.2) is 12.1 Å². The van der Waals surface area contributed by atoms with E-state index in [0.717, 1.165) is 13.1 Å². The topological polar surface area (TPSA) is 92.7 Å². The van der Waals surface area contributed by atoms with Crippen molar-refractivity contribution in [3.8, 4) is 0 Å². The zero-order valence-corrected chi connectivity index (χ0v) is 26.7. The van der Waals surface area contributed by atoms with Gasteiger partial charge in [-0.05, 0) is 44.5 Å². The molecule has 1 aromatic rings. The Balaban J connectivity index is 0. The second-order valence-electron chi connectivity index (χ2n) is 4.16. The predicted octanol–water partition coefficient (Wildman–Crippen LogP) is -5.52. The van der Waals surface area contributed by atoms with Crippen LogP contribution in [-0.2, 0) is 4.74 Å². The number of hydrogen-bond acceptors (Lipinski definition) is 7. The summed E-state index contributed by atoms with van der Waals surface area (Å²) < 4.78 is 4.98. The number of nitrogens with zero attached hydrogens (tertiary/aromatic N) is 1. The van der Waals surface area contributed by atoms with Crippen molar-refractivity contribution in [2.75, 3.05) is 24.6 Å². The van der Waals surface area contributed by atoms with Crippen molar-refractivity contribution in [2.24, 2.45) is 0 Å². The molecular formula is C13H17Cs2NO5S. The molecule has 1 fully saturated rings. The van der Waals surface area contributed by atoms with Gasteiger partial charge in [-0.1, -0.05) is 0 Å². The Morgan fingerprint density at radius 2 is 1.73 bits per heavy atom. The fourth-order valence-corrected chi connectivity index (χ4v) is 2.88. The Kier molecular flexibility index (Phi) is 18.8. The third kappa shape index (κ3) is 11.1. The van der Waals surface area contributed by atoms with Gasteiger partial charge < -0.3 is 24.6 Å². The number of hydrogen-bond donors (Lipinski definition) is 0. The standard InChI is InChI=1S/C12H17NO2S.CH2O3.2Cs/c1-2-15-12(14)10-6-7-11(16-10)13-8-4-3-5-9-13;2-1(3)4;;/h6-7H,2-5,8-9H2,1H3;(H2,2,3,4);;/q;;2*+1/p-2. The molecule has 1 saturated heterocycles. The molecule has 22 heavy (non-hydrogen) atoms. The fourth-order valence-electron chi connectivity index (χ4n) is 1.92. The van der Waals surface area contributed by atoms with Crippen LogP contribution < -0.4 is 153 Å². The normalized spacial score (nSPS) is 12.9. The van der Waals surface area contributed by atoms with Crippen LogP contribution in [-0.4, -0.2) is 31.8 Å². The molecule has 0 bridgehead atoms. The van der Waals surface area contributed by atoms with Crippen LogP contribution in [0.2, 0.25) is 0 Å². The van der Waals surface area contributed by atoms with E-state index in [-0.39, 0.29) is 144 Å². The second-order valence-corrected chi connectivity index (χ2v) is 5.22. The summed E-state index contributed by atoms with van der Waals surface area (Å²) >= 11 is 1.54. The number of piperidine rings is 1. The summed E-state index contributed by atoms with van der Waals surface area (Å²) in [4.78, 5) is 22.9. The number of esters is 1. The number of rotatable bonds is 3. The first-order chi connectivity index (χ1) is 9.54. The number of ether oxygens (including phenoxy) is 1. The van der Waals surface area contributed by atoms with Crippen LogP contribution in [0, 0.1) is 0 Å². The zero-order chi connectivity index (χ0) is 15.0. The first kappa shape index (κ1) is 26.6. The Bertz CT molecular complexity index is 445. The van der Waals surface area contributed by atoms with Crippen LogP contribution in [0.4, 0.5) is 9.80 Å². The van der Waals surface area contributed by atoms with Gasteiger partial charge in [0.05, 0.1) is 11.6 Å². The number of anilines is 1. The van der Waals surface area contributed by atoms with Crippen LogP contribution in [0.1, 0.15) is 35.9 Å². The molecule has 0 radical (unpaired) electrons. The first-order valence-electron chi connectivity index (χ1n) is 6.44. The smallest absolute Gasteiger partial charge is 0.652 e. The Morgan fingerprint density at radius 3 is 2.23 bits per heavy atom. The van der Waals surface area contributed by atoms with E-state index in [4.69, 9.17) is 19.7 Å². The van der Waals surface area contributed by atoms with Gasteiger partial charge in [0.15, 0.2) is 0 Å². The largest absolute Gasteiger partial charge is 1.00 e. The van der Waals surface area contributed by atoms with Crippen LogP contribution in [0.25, 0.3) is 0 Å². The van der Waals surface area contributed by atoms with Crippen molar-refractivity contribution in [1.82, 2.24) is 0 Å². The van der Waals surface area contributed by atoms with E-state index in [1.165, 1.54) is 35.6 Å². The molecule has 6 nitrogen and oxygen atoms in total. The number of carbonyl (C=O) groups is 2. The number of carboxylic acid groups (broad SMARTS) is 2. The van der Waals surface area contributed by atoms with Gasteiger partial charge in [0.2, 0.25) is 0 Å². The molecule has 2 rings (SSSR count). The van der Waals surface area contributed by atoms with E-state index in [9.17, 15) is 4.79 Å². The fraction of sp³-hybridized carbons (Fsp3) is 0.538. The maximum absolute atomic E-state index is 11.5. The van der Waals surface area contributed by atoms with Crippen LogP contribution >= 0.6 is 11.3 Å². The summed E-state index contributed by atoms with van der Waals surface area (Å²) in [6, 6.07) is 3.90. The molecule has 0 aliphatic carbocycles. The van der Waals surface area contributed by atoms with Gasteiger partial charge in [0, 0.05) is 13.1 Å². The average Bonchev–Trinajstić information content (AvgIpc) is 2.89. The summed E-state index contributed by atoms with van der Waals surface area (Å²) in [5.41, 5.74) is 0. The van der Waals surface area contributed by atoms with Crippen molar-refractivity contribution in [2.45, 2.75) is 26.2 Å². The molecule has 0 atom stereocenters. The van der Waals surface area contributed by atoms with Crippen molar-refractivity contribution in [1.29, 1.82) is 0 Å².